The minimum Gasteiger partial charge on any atom is -0.486 e. The monoisotopic (exact) mass is 326 g/mol. The third kappa shape index (κ3) is 3.10. The highest BCUT2D eigenvalue weighted by atomic mass is 32.1. The first kappa shape index (κ1) is 14.3. The lowest BCUT2D eigenvalue weighted by molar-refractivity contribution is 0.171. The van der Waals surface area contributed by atoms with Gasteiger partial charge in [0.1, 0.15) is 13.2 Å². The molecule has 2 aromatic carbocycles. The second kappa shape index (κ2) is 6.08. The molecule has 0 saturated carbocycles. The van der Waals surface area contributed by atoms with E-state index in [4.69, 9.17) is 21.7 Å². The number of nitrogens with one attached hydrogen (secondary N) is 2. The van der Waals surface area contributed by atoms with Crippen molar-refractivity contribution < 1.29 is 9.47 Å². The summed E-state index contributed by atoms with van der Waals surface area (Å²) >= 11 is 5.41. The Kier molecular flexibility index (Phi) is 3.79. The van der Waals surface area contributed by atoms with Crippen molar-refractivity contribution in [2.24, 2.45) is 0 Å². The number of rotatable bonds is 2. The van der Waals surface area contributed by atoms with Crippen molar-refractivity contribution in [2.45, 2.75) is 19.3 Å². The van der Waals surface area contributed by atoms with Gasteiger partial charge in [-0.25, -0.2) is 0 Å². The van der Waals surface area contributed by atoms with Crippen LogP contribution in [-0.4, -0.2) is 18.3 Å². The summed E-state index contributed by atoms with van der Waals surface area (Å²) in [5.74, 6) is 1.53. The van der Waals surface area contributed by atoms with Crippen LogP contribution in [0.1, 0.15) is 17.5 Å². The average molecular weight is 326 g/mol. The third-order valence-corrected chi connectivity index (χ3v) is 4.36. The van der Waals surface area contributed by atoms with Crippen molar-refractivity contribution >= 4 is 28.7 Å². The molecule has 1 heterocycles. The van der Waals surface area contributed by atoms with Gasteiger partial charge in [0.25, 0.3) is 0 Å². The summed E-state index contributed by atoms with van der Waals surface area (Å²) in [6.07, 6.45) is 3.60. The van der Waals surface area contributed by atoms with E-state index in [0.717, 1.165) is 29.3 Å². The minimum atomic E-state index is 0.569. The first-order valence-corrected chi connectivity index (χ1v) is 8.28. The predicted octanol–water partition coefficient (Wildman–Crippen LogP) is 3.76. The molecule has 118 valence electrons. The summed E-state index contributed by atoms with van der Waals surface area (Å²) in [4.78, 5) is 0. The minimum absolute atomic E-state index is 0.569. The van der Waals surface area contributed by atoms with Gasteiger partial charge in [-0.1, -0.05) is 6.07 Å². The van der Waals surface area contributed by atoms with E-state index < -0.39 is 0 Å². The zero-order valence-electron chi connectivity index (χ0n) is 12.7. The van der Waals surface area contributed by atoms with Crippen LogP contribution in [0.15, 0.2) is 36.4 Å². The molecule has 2 aromatic rings. The zero-order chi connectivity index (χ0) is 15.6. The van der Waals surface area contributed by atoms with E-state index in [1.165, 1.54) is 24.0 Å². The van der Waals surface area contributed by atoms with Gasteiger partial charge in [0, 0.05) is 17.4 Å². The van der Waals surface area contributed by atoms with Gasteiger partial charge in [-0.05, 0) is 66.9 Å². The lowest BCUT2D eigenvalue weighted by atomic mass is 10.1. The molecular formula is C18H18N2O2S. The fourth-order valence-corrected chi connectivity index (χ4v) is 3.30. The van der Waals surface area contributed by atoms with E-state index in [0.29, 0.717) is 18.3 Å². The maximum absolute atomic E-state index is 5.59. The van der Waals surface area contributed by atoms with Crippen LogP contribution in [0.25, 0.3) is 0 Å². The van der Waals surface area contributed by atoms with Gasteiger partial charge in [-0.3, -0.25) is 0 Å². The summed E-state index contributed by atoms with van der Waals surface area (Å²) in [7, 11) is 0. The molecule has 2 N–H and O–H groups in total. The van der Waals surface area contributed by atoms with E-state index >= 15 is 0 Å². The largest absolute Gasteiger partial charge is 0.486 e. The maximum Gasteiger partial charge on any atom is 0.175 e. The average Bonchev–Trinajstić information content (AvgIpc) is 3.02. The van der Waals surface area contributed by atoms with Gasteiger partial charge in [0.15, 0.2) is 16.6 Å². The quantitative estimate of drug-likeness (QED) is 0.823. The highest BCUT2D eigenvalue weighted by Gasteiger charge is 2.13. The number of hydrogen-bond donors (Lipinski definition) is 2. The molecule has 0 spiro atoms. The molecule has 0 bridgehead atoms. The molecule has 1 aliphatic heterocycles. The fraction of sp³-hybridized carbons (Fsp3) is 0.278. The van der Waals surface area contributed by atoms with Crippen molar-refractivity contribution in [3.8, 4) is 11.5 Å². The van der Waals surface area contributed by atoms with Crippen LogP contribution in [0.2, 0.25) is 0 Å². The first-order valence-electron chi connectivity index (χ1n) is 7.87. The summed E-state index contributed by atoms with van der Waals surface area (Å²) in [5, 5.41) is 7.01. The Labute approximate surface area is 140 Å². The first-order chi connectivity index (χ1) is 11.3. The summed E-state index contributed by atoms with van der Waals surface area (Å²) in [6.45, 7) is 1.17. The standard InChI is InChI=1S/C18H18N2O2S/c23-18(19-14-5-4-12-2-1-3-13(12)10-14)20-15-6-7-16-17(11-15)22-9-8-21-16/h4-7,10-11H,1-3,8-9H2,(H2,19,20,23). The fourth-order valence-electron chi connectivity index (χ4n) is 3.06. The molecule has 0 saturated heterocycles. The van der Waals surface area contributed by atoms with Gasteiger partial charge in [0.05, 0.1) is 0 Å². The highest BCUT2D eigenvalue weighted by Crippen LogP contribution is 2.32. The van der Waals surface area contributed by atoms with Gasteiger partial charge < -0.3 is 20.1 Å². The number of anilines is 2. The normalized spacial score (nSPS) is 15.0. The van der Waals surface area contributed by atoms with Crippen LogP contribution in [0, 0.1) is 0 Å². The second-order valence-corrected chi connectivity index (χ2v) is 6.18. The van der Waals surface area contributed by atoms with Crippen LogP contribution in [0.3, 0.4) is 0 Å². The Morgan fingerprint density at radius 1 is 0.826 bits per heavy atom. The molecular weight excluding hydrogens is 308 g/mol. The van der Waals surface area contributed by atoms with Crippen LogP contribution < -0.4 is 20.1 Å². The lowest BCUT2D eigenvalue weighted by Gasteiger charge is -2.19. The molecule has 0 fully saturated rings. The molecule has 4 nitrogen and oxygen atoms in total. The Morgan fingerprint density at radius 2 is 1.52 bits per heavy atom. The highest BCUT2D eigenvalue weighted by molar-refractivity contribution is 7.80. The molecule has 5 heteroatoms. The SMILES string of the molecule is S=C(Nc1ccc2c(c1)CCC2)Nc1ccc2c(c1)OCCO2. The van der Waals surface area contributed by atoms with E-state index in [9.17, 15) is 0 Å². The molecule has 0 amide bonds. The molecule has 0 atom stereocenters. The number of hydrogen-bond acceptors (Lipinski definition) is 3. The molecule has 2 aliphatic rings. The molecule has 0 unspecified atom stereocenters. The predicted molar refractivity (Wildman–Crippen MR) is 95.7 cm³/mol. The summed E-state index contributed by atoms with van der Waals surface area (Å²) < 4.78 is 11.1. The van der Waals surface area contributed by atoms with Crippen molar-refractivity contribution in [2.75, 3.05) is 23.8 Å². The summed E-state index contributed by atoms with van der Waals surface area (Å²) in [5.41, 5.74) is 4.80. The van der Waals surface area contributed by atoms with E-state index in [2.05, 4.69) is 28.8 Å². The number of fused-ring (bicyclic) bond motifs is 2. The van der Waals surface area contributed by atoms with Gasteiger partial charge in [-0.2, -0.15) is 0 Å². The zero-order valence-corrected chi connectivity index (χ0v) is 13.5. The van der Waals surface area contributed by atoms with Crippen LogP contribution in [0.5, 0.6) is 11.5 Å². The number of ether oxygens (including phenoxy) is 2. The van der Waals surface area contributed by atoms with Crippen molar-refractivity contribution in [3.05, 3.63) is 47.5 Å². The lowest BCUT2D eigenvalue weighted by Crippen LogP contribution is -2.20. The van der Waals surface area contributed by atoms with E-state index in [1.807, 2.05) is 18.2 Å². The topological polar surface area (TPSA) is 42.5 Å². The second-order valence-electron chi connectivity index (χ2n) is 5.77. The molecule has 0 aromatic heterocycles. The van der Waals surface area contributed by atoms with Crippen LogP contribution >= 0.6 is 12.2 Å². The summed E-state index contributed by atoms with van der Waals surface area (Å²) in [6, 6.07) is 12.2. The molecule has 4 rings (SSSR count). The van der Waals surface area contributed by atoms with Gasteiger partial charge >= 0.3 is 0 Å². The third-order valence-electron chi connectivity index (χ3n) is 4.16. The molecule has 0 radical (unpaired) electrons. The van der Waals surface area contributed by atoms with Crippen LogP contribution in [0.4, 0.5) is 11.4 Å². The smallest absolute Gasteiger partial charge is 0.175 e. The maximum atomic E-state index is 5.59. The van der Waals surface area contributed by atoms with Crippen molar-refractivity contribution in [3.63, 3.8) is 0 Å². The molecule has 23 heavy (non-hydrogen) atoms. The Balaban J connectivity index is 1.44. The van der Waals surface area contributed by atoms with Gasteiger partial charge in [0.2, 0.25) is 0 Å². The number of benzene rings is 2. The Bertz CT molecular complexity index is 761. The molecule has 1 aliphatic carbocycles. The van der Waals surface area contributed by atoms with E-state index in [-0.39, 0.29) is 0 Å². The van der Waals surface area contributed by atoms with E-state index in [1.54, 1.807) is 0 Å². The number of thiocarbonyl (C=S) groups is 1. The van der Waals surface area contributed by atoms with Gasteiger partial charge in [-0.15, -0.1) is 0 Å². The Morgan fingerprint density at radius 3 is 2.39 bits per heavy atom. The number of aryl methyl sites for hydroxylation is 2. The Hall–Kier alpha value is -2.27. The van der Waals surface area contributed by atoms with Crippen molar-refractivity contribution in [1.29, 1.82) is 0 Å². The van der Waals surface area contributed by atoms with Crippen LogP contribution in [-0.2, 0) is 12.8 Å². The van der Waals surface area contributed by atoms with Crippen molar-refractivity contribution in [1.82, 2.24) is 0 Å².